The average molecular weight is 406 g/mol. The first-order valence-electron chi connectivity index (χ1n) is 11.4. The van der Waals surface area contributed by atoms with Gasteiger partial charge in [0, 0.05) is 37.4 Å². The maximum absolute atomic E-state index is 12.6. The fourth-order valence-electron chi connectivity index (χ4n) is 4.79. The van der Waals surface area contributed by atoms with Crippen molar-refractivity contribution in [3.63, 3.8) is 0 Å². The van der Waals surface area contributed by atoms with E-state index in [0.29, 0.717) is 12.6 Å². The summed E-state index contributed by atoms with van der Waals surface area (Å²) in [6.45, 7) is 9.83. The molecule has 4 rings (SSSR count). The monoisotopic (exact) mass is 405 g/mol. The number of benzene rings is 2. The minimum atomic E-state index is 0.102. The van der Waals surface area contributed by atoms with Crippen LogP contribution in [-0.4, -0.2) is 47.4 Å². The Hall–Kier alpha value is -2.17. The molecule has 1 amide bonds. The summed E-state index contributed by atoms with van der Waals surface area (Å²) in [5.74, 6) is 0.102. The lowest BCUT2D eigenvalue weighted by atomic mass is 10.0. The number of amides is 1. The number of nitrogens with one attached hydrogen (secondary N) is 1. The number of hydrogen-bond donors (Lipinski definition) is 1. The number of carbonyl (C=O) groups is 1. The number of hydrogen-bond acceptors (Lipinski definition) is 3. The molecule has 0 aromatic heterocycles. The van der Waals surface area contributed by atoms with Crippen molar-refractivity contribution in [2.24, 2.45) is 0 Å². The van der Waals surface area contributed by atoms with E-state index < -0.39 is 0 Å². The van der Waals surface area contributed by atoms with E-state index in [0.717, 1.165) is 55.3 Å². The summed E-state index contributed by atoms with van der Waals surface area (Å²) in [6, 6.07) is 16.5. The Morgan fingerprint density at radius 3 is 2.23 bits per heavy atom. The Kier molecular flexibility index (Phi) is 6.55. The van der Waals surface area contributed by atoms with Crippen LogP contribution in [-0.2, 0) is 11.3 Å². The van der Waals surface area contributed by atoms with Gasteiger partial charge in [0.1, 0.15) is 0 Å². The smallest absolute Gasteiger partial charge is 0.238 e. The highest BCUT2D eigenvalue weighted by atomic mass is 16.2. The predicted octanol–water partition coefficient (Wildman–Crippen LogP) is 4.68. The maximum atomic E-state index is 12.6. The molecule has 0 bridgehead atoms. The van der Waals surface area contributed by atoms with Crippen LogP contribution in [0.5, 0.6) is 0 Å². The van der Waals surface area contributed by atoms with Gasteiger partial charge in [0.05, 0.1) is 6.54 Å². The highest BCUT2D eigenvalue weighted by Gasteiger charge is 2.35. The first kappa shape index (κ1) is 21.1. The van der Waals surface area contributed by atoms with Crippen molar-refractivity contribution in [1.82, 2.24) is 9.80 Å². The first-order valence-corrected chi connectivity index (χ1v) is 11.4. The number of aryl methyl sites for hydroxylation is 3. The van der Waals surface area contributed by atoms with Gasteiger partial charge in [-0.05, 0) is 63.1 Å². The van der Waals surface area contributed by atoms with Crippen LogP contribution in [0, 0.1) is 20.8 Å². The summed E-state index contributed by atoms with van der Waals surface area (Å²) < 4.78 is 0. The molecule has 160 valence electrons. The zero-order chi connectivity index (χ0) is 21.1. The molecule has 1 aliphatic heterocycles. The van der Waals surface area contributed by atoms with Crippen molar-refractivity contribution in [3.8, 4) is 0 Å². The molecule has 1 saturated carbocycles. The number of carbonyl (C=O) groups excluding carboxylic acids is 1. The molecule has 2 aliphatic rings. The lowest BCUT2D eigenvalue weighted by molar-refractivity contribution is -0.117. The van der Waals surface area contributed by atoms with Crippen LogP contribution < -0.4 is 5.32 Å². The summed E-state index contributed by atoms with van der Waals surface area (Å²) >= 11 is 0. The molecule has 4 nitrogen and oxygen atoms in total. The number of rotatable bonds is 7. The highest BCUT2D eigenvalue weighted by Crippen LogP contribution is 2.33. The second-order valence-electron chi connectivity index (χ2n) is 9.21. The van der Waals surface area contributed by atoms with Crippen molar-refractivity contribution < 1.29 is 4.79 Å². The topological polar surface area (TPSA) is 35.6 Å². The molecular weight excluding hydrogens is 370 g/mol. The first-order chi connectivity index (χ1) is 14.5. The van der Waals surface area contributed by atoms with Crippen LogP contribution in [0.4, 0.5) is 5.69 Å². The van der Waals surface area contributed by atoms with Crippen molar-refractivity contribution in [2.45, 2.75) is 65.1 Å². The number of para-hydroxylation sites is 1. The zero-order valence-electron chi connectivity index (χ0n) is 18.7. The number of nitrogens with zero attached hydrogens (tertiary/aromatic N) is 2. The van der Waals surface area contributed by atoms with Gasteiger partial charge in [-0.3, -0.25) is 14.6 Å². The molecular formula is C26H35N3O. The van der Waals surface area contributed by atoms with E-state index in [1.807, 2.05) is 6.07 Å². The Bertz CT molecular complexity index is 861. The molecule has 2 fully saturated rings. The summed E-state index contributed by atoms with van der Waals surface area (Å²) in [5.41, 5.74) is 5.98. The van der Waals surface area contributed by atoms with E-state index in [1.54, 1.807) is 0 Å². The molecule has 0 unspecified atom stereocenters. The van der Waals surface area contributed by atoms with Gasteiger partial charge in [-0.25, -0.2) is 0 Å². The minimum absolute atomic E-state index is 0.102. The Labute approximate surface area is 181 Å². The highest BCUT2D eigenvalue weighted by molar-refractivity contribution is 5.93. The van der Waals surface area contributed by atoms with E-state index in [2.05, 4.69) is 72.3 Å². The van der Waals surface area contributed by atoms with E-state index >= 15 is 0 Å². The molecule has 30 heavy (non-hydrogen) atoms. The average Bonchev–Trinajstić information content (AvgIpc) is 3.55. The molecule has 0 spiro atoms. The van der Waals surface area contributed by atoms with Crippen LogP contribution in [0.3, 0.4) is 0 Å². The molecule has 0 radical (unpaired) electrons. The van der Waals surface area contributed by atoms with Gasteiger partial charge in [0.2, 0.25) is 5.91 Å². The zero-order valence-corrected chi connectivity index (χ0v) is 18.7. The minimum Gasteiger partial charge on any atom is -0.324 e. The van der Waals surface area contributed by atoms with Gasteiger partial charge in [-0.1, -0.05) is 48.0 Å². The third kappa shape index (κ3) is 5.30. The van der Waals surface area contributed by atoms with E-state index in [4.69, 9.17) is 0 Å². The standard InChI is InChI=1S/C26H35N3O/c1-19-6-4-9-22(16-19)17-29(23-10-11-23)24-12-14-28(15-13-24)18-25(30)27-26-20(2)7-5-8-21(26)3/h4-9,16,23-24H,10-15,17-18H2,1-3H3,(H,27,30). The summed E-state index contributed by atoms with van der Waals surface area (Å²) in [7, 11) is 0. The fourth-order valence-corrected chi connectivity index (χ4v) is 4.79. The van der Waals surface area contributed by atoms with Crippen LogP contribution in [0.1, 0.15) is 47.9 Å². The van der Waals surface area contributed by atoms with Gasteiger partial charge < -0.3 is 5.32 Å². The van der Waals surface area contributed by atoms with Crippen molar-refractivity contribution in [1.29, 1.82) is 0 Å². The lowest BCUT2D eigenvalue weighted by Gasteiger charge is -2.38. The van der Waals surface area contributed by atoms with Gasteiger partial charge in [0.15, 0.2) is 0 Å². The number of likely N-dealkylation sites (tertiary alicyclic amines) is 1. The maximum Gasteiger partial charge on any atom is 0.238 e. The Morgan fingerprint density at radius 2 is 1.60 bits per heavy atom. The number of piperidine rings is 1. The summed E-state index contributed by atoms with van der Waals surface area (Å²) in [6.07, 6.45) is 4.98. The number of anilines is 1. The third-order valence-corrected chi connectivity index (χ3v) is 6.60. The predicted molar refractivity (Wildman–Crippen MR) is 124 cm³/mol. The quantitative estimate of drug-likeness (QED) is 0.726. The van der Waals surface area contributed by atoms with Gasteiger partial charge in [0.25, 0.3) is 0 Å². The summed E-state index contributed by atoms with van der Waals surface area (Å²) in [5, 5.41) is 3.13. The van der Waals surface area contributed by atoms with E-state index in [1.165, 1.54) is 24.0 Å². The third-order valence-electron chi connectivity index (χ3n) is 6.60. The Morgan fingerprint density at radius 1 is 0.967 bits per heavy atom. The molecule has 1 aliphatic carbocycles. The SMILES string of the molecule is Cc1cccc(CN(C2CC2)C2CCN(CC(=O)Nc3c(C)cccc3C)CC2)c1. The molecule has 1 N–H and O–H groups in total. The molecule has 1 saturated heterocycles. The lowest BCUT2D eigenvalue weighted by Crippen LogP contribution is -2.47. The van der Waals surface area contributed by atoms with Crippen molar-refractivity contribution in [3.05, 3.63) is 64.7 Å². The van der Waals surface area contributed by atoms with Gasteiger partial charge >= 0.3 is 0 Å². The second kappa shape index (κ2) is 9.32. The van der Waals surface area contributed by atoms with Gasteiger partial charge in [-0.2, -0.15) is 0 Å². The largest absolute Gasteiger partial charge is 0.324 e. The summed E-state index contributed by atoms with van der Waals surface area (Å²) in [4.78, 5) is 17.7. The van der Waals surface area contributed by atoms with Crippen LogP contribution in [0.15, 0.2) is 42.5 Å². The van der Waals surface area contributed by atoms with Crippen LogP contribution >= 0.6 is 0 Å². The molecule has 2 aromatic carbocycles. The van der Waals surface area contributed by atoms with E-state index in [9.17, 15) is 4.79 Å². The fraction of sp³-hybridized carbons (Fsp3) is 0.500. The van der Waals surface area contributed by atoms with E-state index in [-0.39, 0.29) is 5.91 Å². The second-order valence-corrected chi connectivity index (χ2v) is 9.21. The van der Waals surface area contributed by atoms with Crippen LogP contribution in [0.2, 0.25) is 0 Å². The normalized spacial score (nSPS) is 18.0. The Balaban J connectivity index is 1.30. The molecule has 2 aromatic rings. The van der Waals surface area contributed by atoms with Crippen molar-refractivity contribution in [2.75, 3.05) is 25.0 Å². The van der Waals surface area contributed by atoms with Crippen LogP contribution in [0.25, 0.3) is 0 Å². The molecule has 4 heteroatoms. The molecule has 1 heterocycles. The molecule has 0 atom stereocenters. The van der Waals surface area contributed by atoms with Gasteiger partial charge in [-0.15, -0.1) is 0 Å². The van der Waals surface area contributed by atoms with Crippen molar-refractivity contribution >= 4 is 11.6 Å².